The predicted octanol–water partition coefficient (Wildman–Crippen LogP) is 1.46. The Labute approximate surface area is 107 Å². The summed E-state index contributed by atoms with van der Waals surface area (Å²) in [5.41, 5.74) is 1.60. The molecule has 0 aliphatic carbocycles. The predicted molar refractivity (Wildman–Crippen MR) is 67.4 cm³/mol. The molecule has 2 N–H and O–H groups in total. The summed E-state index contributed by atoms with van der Waals surface area (Å²) in [5.74, 6) is -0.335. The summed E-state index contributed by atoms with van der Waals surface area (Å²) >= 11 is 0. The van der Waals surface area contributed by atoms with E-state index in [-0.39, 0.29) is 11.5 Å². The zero-order chi connectivity index (χ0) is 13.0. The molecule has 0 saturated carbocycles. The van der Waals surface area contributed by atoms with Gasteiger partial charge in [-0.15, -0.1) is 0 Å². The normalized spacial score (nSPS) is 18.6. The number of hydrogen-bond acceptors (Lipinski definition) is 4. The van der Waals surface area contributed by atoms with Gasteiger partial charge < -0.3 is 19.8 Å². The zero-order valence-electron chi connectivity index (χ0n) is 10.9. The van der Waals surface area contributed by atoms with Crippen molar-refractivity contribution in [1.82, 2.24) is 10.3 Å². The Balaban J connectivity index is 1.89. The van der Waals surface area contributed by atoms with Crippen LogP contribution in [0.2, 0.25) is 0 Å². The number of aromatic amines is 1. The van der Waals surface area contributed by atoms with E-state index in [1.807, 2.05) is 6.07 Å². The fraction of sp³-hybridized carbons (Fsp3) is 0.615. The largest absolute Gasteiger partial charge is 0.464 e. The van der Waals surface area contributed by atoms with E-state index in [2.05, 4.69) is 22.0 Å². The van der Waals surface area contributed by atoms with Gasteiger partial charge in [0.1, 0.15) is 5.69 Å². The molecule has 18 heavy (non-hydrogen) atoms. The van der Waals surface area contributed by atoms with Gasteiger partial charge in [0, 0.05) is 31.0 Å². The molecule has 1 aliphatic heterocycles. The van der Waals surface area contributed by atoms with Crippen molar-refractivity contribution in [1.29, 1.82) is 0 Å². The van der Waals surface area contributed by atoms with Gasteiger partial charge in [-0.05, 0) is 31.9 Å². The average molecular weight is 252 g/mol. The van der Waals surface area contributed by atoms with Crippen LogP contribution in [0.1, 0.15) is 35.9 Å². The number of ether oxygens (including phenoxy) is 2. The van der Waals surface area contributed by atoms with E-state index in [9.17, 15) is 4.79 Å². The van der Waals surface area contributed by atoms with Crippen LogP contribution in [-0.2, 0) is 16.0 Å². The van der Waals surface area contributed by atoms with E-state index >= 15 is 0 Å². The molecular weight excluding hydrogens is 232 g/mol. The van der Waals surface area contributed by atoms with Crippen molar-refractivity contribution in [2.45, 2.75) is 31.8 Å². The lowest BCUT2D eigenvalue weighted by molar-refractivity contribution is 0.0445. The average Bonchev–Trinajstić information content (AvgIpc) is 2.85. The van der Waals surface area contributed by atoms with E-state index in [0.29, 0.717) is 12.2 Å². The first kappa shape index (κ1) is 13.1. The van der Waals surface area contributed by atoms with Crippen LogP contribution in [0.5, 0.6) is 0 Å². The number of carbonyl (C=O) groups is 1. The first-order valence-corrected chi connectivity index (χ1v) is 6.22. The second kappa shape index (κ2) is 5.54. The van der Waals surface area contributed by atoms with Crippen LogP contribution in [0, 0.1) is 0 Å². The van der Waals surface area contributed by atoms with Crippen LogP contribution in [0.3, 0.4) is 0 Å². The third-order valence-corrected chi connectivity index (χ3v) is 3.45. The molecular formula is C13H20N2O3. The smallest absolute Gasteiger partial charge is 0.354 e. The highest BCUT2D eigenvalue weighted by Gasteiger charge is 2.26. The van der Waals surface area contributed by atoms with Gasteiger partial charge in [0.15, 0.2) is 0 Å². The molecule has 100 valence electrons. The number of esters is 1. The molecule has 0 atom stereocenters. The van der Waals surface area contributed by atoms with E-state index in [1.165, 1.54) is 7.11 Å². The van der Waals surface area contributed by atoms with Gasteiger partial charge >= 0.3 is 5.97 Å². The monoisotopic (exact) mass is 252 g/mol. The Morgan fingerprint density at radius 2 is 2.22 bits per heavy atom. The van der Waals surface area contributed by atoms with Crippen LogP contribution in [0.4, 0.5) is 0 Å². The maximum atomic E-state index is 11.3. The van der Waals surface area contributed by atoms with E-state index in [4.69, 9.17) is 4.74 Å². The molecule has 5 heteroatoms. The third-order valence-electron chi connectivity index (χ3n) is 3.45. The Hall–Kier alpha value is -1.33. The van der Waals surface area contributed by atoms with Crippen molar-refractivity contribution in [3.05, 3.63) is 23.5 Å². The third kappa shape index (κ3) is 3.11. The molecule has 1 fully saturated rings. The molecule has 5 nitrogen and oxygen atoms in total. The summed E-state index contributed by atoms with van der Waals surface area (Å²) in [6, 6.07) is 3.65. The number of H-pyrrole nitrogens is 1. The summed E-state index contributed by atoms with van der Waals surface area (Å²) in [5, 5.41) is 3.52. The van der Waals surface area contributed by atoms with Gasteiger partial charge in [-0.1, -0.05) is 0 Å². The SMILES string of the molecule is COC(=O)c1ccc(CNC2(C)CCOCC2)[nH]1. The molecule has 1 aromatic rings. The topological polar surface area (TPSA) is 63.4 Å². The highest BCUT2D eigenvalue weighted by molar-refractivity contribution is 5.87. The fourth-order valence-electron chi connectivity index (χ4n) is 2.08. The molecule has 0 spiro atoms. The molecule has 0 bridgehead atoms. The van der Waals surface area contributed by atoms with Crippen molar-refractivity contribution >= 4 is 5.97 Å². The molecule has 2 rings (SSSR count). The van der Waals surface area contributed by atoms with Crippen LogP contribution >= 0.6 is 0 Å². The Morgan fingerprint density at radius 3 is 2.89 bits per heavy atom. The highest BCUT2D eigenvalue weighted by Crippen LogP contribution is 2.20. The Morgan fingerprint density at radius 1 is 1.50 bits per heavy atom. The van der Waals surface area contributed by atoms with Crippen molar-refractivity contribution in [2.24, 2.45) is 0 Å². The number of carbonyl (C=O) groups excluding carboxylic acids is 1. The van der Waals surface area contributed by atoms with E-state index in [1.54, 1.807) is 6.07 Å². The van der Waals surface area contributed by atoms with E-state index in [0.717, 1.165) is 31.7 Å². The molecule has 1 saturated heterocycles. The number of hydrogen-bond donors (Lipinski definition) is 2. The number of nitrogens with one attached hydrogen (secondary N) is 2. The minimum absolute atomic E-state index is 0.120. The standard InChI is InChI=1S/C13H20N2O3/c1-13(5-7-18-8-6-13)14-9-10-3-4-11(15-10)12(16)17-2/h3-4,14-15H,5-9H2,1-2H3. The fourth-order valence-corrected chi connectivity index (χ4v) is 2.08. The summed E-state index contributed by atoms with van der Waals surface area (Å²) in [4.78, 5) is 14.4. The van der Waals surface area contributed by atoms with Crippen molar-refractivity contribution in [3.8, 4) is 0 Å². The molecule has 1 aromatic heterocycles. The second-order valence-corrected chi connectivity index (χ2v) is 4.92. The lowest BCUT2D eigenvalue weighted by Crippen LogP contribution is -2.46. The minimum Gasteiger partial charge on any atom is -0.464 e. The molecule has 1 aliphatic rings. The Kier molecular flexibility index (Phi) is 4.04. The van der Waals surface area contributed by atoms with Crippen LogP contribution in [0.25, 0.3) is 0 Å². The van der Waals surface area contributed by atoms with Gasteiger partial charge in [-0.25, -0.2) is 4.79 Å². The highest BCUT2D eigenvalue weighted by atomic mass is 16.5. The maximum absolute atomic E-state index is 11.3. The lowest BCUT2D eigenvalue weighted by atomic mass is 9.92. The number of methoxy groups -OCH3 is 1. The molecule has 0 unspecified atom stereocenters. The van der Waals surface area contributed by atoms with Crippen molar-refractivity contribution < 1.29 is 14.3 Å². The second-order valence-electron chi connectivity index (χ2n) is 4.92. The molecule has 2 heterocycles. The minimum atomic E-state index is -0.335. The number of aromatic nitrogens is 1. The number of rotatable bonds is 4. The summed E-state index contributed by atoms with van der Waals surface area (Å²) in [7, 11) is 1.38. The summed E-state index contributed by atoms with van der Waals surface area (Å²) in [6.45, 7) is 4.54. The van der Waals surface area contributed by atoms with Crippen LogP contribution in [-0.4, -0.2) is 36.8 Å². The van der Waals surface area contributed by atoms with Gasteiger partial charge in [0.05, 0.1) is 7.11 Å². The van der Waals surface area contributed by atoms with E-state index < -0.39 is 0 Å². The van der Waals surface area contributed by atoms with Crippen LogP contribution in [0.15, 0.2) is 12.1 Å². The zero-order valence-corrected chi connectivity index (χ0v) is 10.9. The summed E-state index contributed by atoms with van der Waals surface area (Å²) < 4.78 is 10.0. The molecule has 0 amide bonds. The van der Waals surface area contributed by atoms with Gasteiger partial charge in [-0.2, -0.15) is 0 Å². The first-order chi connectivity index (χ1) is 8.63. The molecule has 0 radical (unpaired) electrons. The first-order valence-electron chi connectivity index (χ1n) is 6.22. The van der Waals surface area contributed by atoms with Crippen molar-refractivity contribution in [3.63, 3.8) is 0 Å². The maximum Gasteiger partial charge on any atom is 0.354 e. The van der Waals surface area contributed by atoms with Gasteiger partial charge in [0.25, 0.3) is 0 Å². The van der Waals surface area contributed by atoms with Crippen molar-refractivity contribution in [2.75, 3.05) is 20.3 Å². The lowest BCUT2D eigenvalue weighted by Gasteiger charge is -2.34. The quantitative estimate of drug-likeness (QED) is 0.796. The molecule has 0 aromatic carbocycles. The van der Waals surface area contributed by atoms with Gasteiger partial charge in [-0.3, -0.25) is 0 Å². The Bertz CT molecular complexity index is 408. The summed E-state index contributed by atoms with van der Waals surface area (Å²) in [6.07, 6.45) is 2.02. The van der Waals surface area contributed by atoms with Crippen LogP contribution < -0.4 is 5.32 Å². The van der Waals surface area contributed by atoms with Gasteiger partial charge in [0.2, 0.25) is 0 Å².